The van der Waals surface area contributed by atoms with Crippen molar-refractivity contribution in [2.45, 2.75) is 18.5 Å². The van der Waals surface area contributed by atoms with E-state index in [-0.39, 0.29) is 23.0 Å². The summed E-state index contributed by atoms with van der Waals surface area (Å²) < 4.78 is 13.4. The molecular weight excluding hydrogens is 305 g/mol. The van der Waals surface area contributed by atoms with E-state index < -0.39 is 5.82 Å². The molecule has 0 aromatic heterocycles. The van der Waals surface area contributed by atoms with Crippen LogP contribution in [0.25, 0.3) is 0 Å². The minimum Gasteiger partial charge on any atom is -0.325 e. The Kier molecular flexibility index (Phi) is 4.38. The Morgan fingerprint density at radius 1 is 1.18 bits per heavy atom. The maximum atomic E-state index is 13.4. The van der Waals surface area contributed by atoms with Crippen LogP contribution in [-0.4, -0.2) is 11.9 Å². The number of nitrogens with one attached hydrogen (secondary N) is 3. The van der Waals surface area contributed by atoms with E-state index in [1.165, 1.54) is 12.1 Å². The van der Waals surface area contributed by atoms with Crippen LogP contribution in [0.1, 0.15) is 18.0 Å². The first kappa shape index (κ1) is 15.0. The third-order valence-electron chi connectivity index (χ3n) is 3.61. The molecule has 1 saturated heterocycles. The van der Waals surface area contributed by atoms with E-state index >= 15 is 0 Å². The van der Waals surface area contributed by atoms with Crippen LogP contribution in [-0.2, 0) is 4.79 Å². The van der Waals surface area contributed by atoms with E-state index in [0.29, 0.717) is 12.1 Å². The lowest BCUT2D eigenvalue weighted by Crippen LogP contribution is -2.39. The lowest BCUT2D eigenvalue weighted by molar-refractivity contribution is -0.117. The first-order valence-electron chi connectivity index (χ1n) is 6.95. The second-order valence-electron chi connectivity index (χ2n) is 5.16. The van der Waals surface area contributed by atoms with Crippen molar-refractivity contribution < 1.29 is 9.18 Å². The molecule has 2 atom stereocenters. The molecular formula is C16H15ClFN3O. The number of benzene rings is 2. The van der Waals surface area contributed by atoms with Crippen molar-refractivity contribution in [3.05, 3.63) is 64.9 Å². The molecule has 22 heavy (non-hydrogen) atoms. The molecule has 0 bridgehead atoms. The van der Waals surface area contributed by atoms with E-state index in [1.54, 1.807) is 6.07 Å². The summed E-state index contributed by atoms with van der Waals surface area (Å²) in [6.45, 7) is 0. The third-order valence-corrected chi connectivity index (χ3v) is 3.92. The largest absolute Gasteiger partial charge is 0.325 e. The monoisotopic (exact) mass is 319 g/mol. The molecule has 0 aliphatic carbocycles. The average molecular weight is 320 g/mol. The van der Waals surface area contributed by atoms with Crippen molar-refractivity contribution in [3.63, 3.8) is 0 Å². The second-order valence-corrected chi connectivity index (χ2v) is 5.57. The fraction of sp³-hybridized carbons (Fsp3) is 0.188. The van der Waals surface area contributed by atoms with Gasteiger partial charge in [-0.2, -0.15) is 0 Å². The van der Waals surface area contributed by atoms with Gasteiger partial charge in [0.15, 0.2) is 0 Å². The highest BCUT2D eigenvalue weighted by atomic mass is 35.5. The van der Waals surface area contributed by atoms with Crippen LogP contribution in [0.5, 0.6) is 0 Å². The lowest BCUT2D eigenvalue weighted by Gasteiger charge is -2.11. The Hall–Kier alpha value is -1.95. The standard InChI is InChI=1S/C16H15ClFN3O/c17-12-7-6-11(8-13(12)18)19-16(22)15-9-14(20-21-15)10-4-2-1-3-5-10/h1-8,14-15,20-21H,9H2,(H,19,22). The topological polar surface area (TPSA) is 53.2 Å². The Balaban J connectivity index is 1.63. The van der Waals surface area contributed by atoms with Gasteiger partial charge in [0, 0.05) is 11.7 Å². The average Bonchev–Trinajstić information content (AvgIpc) is 3.02. The van der Waals surface area contributed by atoms with Gasteiger partial charge < -0.3 is 5.32 Å². The lowest BCUT2D eigenvalue weighted by atomic mass is 10.0. The van der Waals surface area contributed by atoms with E-state index in [1.807, 2.05) is 30.3 Å². The van der Waals surface area contributed by atoms with Crippen molar-refractivity contribution in [2.24, 2.45) is 0 Å². The highest BCUT2D eigenvalue weighted by Crippen LogP contribution is 2.23. The summed E-state index contributed by atoms with van der Waals surface area (Å²) in [5, 5.41) is 2.71. The highest BCUT2D eigenvalue weighted by Gasteiger charge is 2.30. The number of halogens is 2. The molecule has 4 nitrogen and oxygen atoms in total. The predicted octanol–water partition coefficient (Wildman–Crippen LogP) is 3.03. The van der Waals surface area contributed by atoms with Gasteiger partial charge in [0.05, 0.1) is 5.02 Å². The fourth-order valence-corrected chi connectivity index (χ4v) is 2.55. The van der Waals surface area contributed by atoms with Crippen molar-refractivity contribution in [2.75, 3.05) is 5.32 Å². The SMILES string of the molecule is O=C(Nc1ccc(Cl)c(F)c1)C1CC(c2ccccc2)NN1. The van der Waals surface area contributed by atoms with Gasteiger partial charge in [0.2, 0.25) is 5.91 Å². The Morgan fingerprint density at radius 2 is 1.95 bits per heavy atom. The van der Waals surface area contributed by atoms with Gasteiger partial charge in [-0.15, -0.1) is 0 Å². The molecule has 1 heterocycles. The molecule has 3 rings (SSSR count). The van der Waals surface area contributed by atoms with Gasteiger partial charge in [-0.05, 0) is 30.2 Å². The van der Waals surface area contributed by atoms with Gasteiger partial charge in [0.25, 0.3) is 0 Å². The van der Waals surface area contributed by atoms with Crippen molar-refractivity contribution >= 4 is 23.2 Å². The van der Waals surface area contributed by atoms with Crippen molar-refractivity contribution in [3.8, 4) is 0 Å². The van der Waals surface area contributed by atoms with Crippen LogP contribution in [0.15, 0.2) is 48.5 Å². The van der Waals surface area contributed by atoms with E-state index in [9.17, 15) is 9.18 Å². The second kappa shape index (κ2) is 6.44. The first-order chi connectivity index (χ1) is 10.6. The maximum Gasteiger partial charge on any atom is 0.242 e. The number of rotatable bonds is 3. The predicted molar refractivity (Wildman–Crippen MR) is 83.9 cm³/mol. The molecule has 3 N–H and O–H groups in total. The molecule has 1 aliphatic rings. The Bertz CT molecular complexity index is 680. The van der Waals surface area contributed by atoms with E-state index in [0.717, 1.165) is 5.56 Å². The summed E-state index contributed by atoms with van der Waals surface area (Å²) in [6, 6.07) is 13.8. The zero-order chi connectivity index (χ0) is 15.5. The summed E-state index contributed by atoms with van der Waals surface area (Å²) in [4.78, 5) is 12.2. The molecule has 0 spiro atoms. The molecule has 6 heteroatoms. The smallest absolute Gasteiger partial charge is 0.242 e. The zero-order valence-corrected chi connectivity index (χ0v) is 12.4. The molecule has 0 radical (unpaired) electrons. The molecule has 114 valence electrons. The maximum absolute atomic E-state index is 13.4. The van der Waals surface area contributed by atoms with Crippen LogP contribution in [0.2, 0.25) is 5.02 Å². The molecule has 2 aromatic rings. The number of hydrazine groups is 1. The summed E-state index contributed by atoms with van der Waals surface area (Å²) in [5.74, 6) is -0.771. The van der Waals surface area contributed by atoms with E-state index in [4.69, 9.17) is 11.6 Å². The van der Waals surface area contributed by atoms with Gasteiger partial charge >= 0.3 is 0 Å². The molecule has 2 aromatic carbocycles. The number of hydrogen-bond acceptors (Lipinski definition) is 3. The van der Waals surface area contributed by atoms with Crippen molar-refractivity contribution in [1.82, 2.24) is 10.9 Å². The number of anilines is 1. The zero-order valence-electron chi connectivity index (χ0n) is 11.6. The Labute approximate surface area is 132 Å². The molecule has 2 unspecified atom stereocenters. The number of carbonyl (C=O) groups excluding carboxylic acids is 1. The first-order valence-corrected chi connectivity index (χ1v) is 7.33. The number of carbonyl (C=O) groups is 1. The van der Waals surface area contributed by atoms with Crippen LogP contribution in [0.3, 0.4) is 0 Å². The van der Waals surface area contributed by atoms with Gasteiger partial charge in [-0.1, -0.05) is 41.9 Å². The molecule has 1 aliphatic heterocycles. The van der Waals surface area contributed by atoms with Crippen LogP contribution in [0, 0.1) is 5.82 Å². The highest BCUT2D eigenvalue weighted by molar-refractivity contribution is 6.30. The van der Waals surface area contributed by atoms with Gasteiger partial charge in [0.1, 0.15) is 11.9 Å². The minimum absolute atomic E-state index is 0.0304. The van der Waals surface area contributed by atoms with Gasteiger partial charge in [-0.3, -0.25) is 4.79 Å². The van der Waals surface area contributed by atoms with Crippen molar-refractivity contribution in [1.29, 1.82) is 0 Å². The summed E-state index contributed by atoms with van der Waals surface area (Å²) in [5.41, 5.74) is 7.57. The van der Waals surface area contributed by atoms with E-state index in [2.05, 4.69) is 16.2 Å². The van der Waals surface area contributed by atoms with Gasteiger partial charge in [-0.25, -0.2) is 15.2 Å². The summed E-state index contributed by atoms with van der Waals surface area (Å²) in [6.07, 6.45) is 0.617. The van der Waals surface area contributed by atoms with Crippen LogP contribution >= 0.6 is 11.6 Å². The molecule has 0 saturated carbocycles. The Morgan fingerprint density at radius 3 is 2.68 bits per heavy atom. The number of amides is 1. The van der Waals surface area contributed by atoms with Crippen LogP contribution < -0.4 is 16.2 Å². The third kappa shape index (κ3) is 3.27. The quantitative estimate of drug-likeness (QED) is 0.815. The number of hydrogen-bond donors (Lipinski definition) is 3. The molecule has 1 amide bonds. The molecule has 1 fully saturated rings. The summed E-state index contributed by atoms with van der Waals surface area (Å²) >= 11 is 5.62. The normalized spacial score (nSPS) is 20.8. The minimum atomic E-state index is -0.556. The fourth-order valence-electron chi connectivity index (χ4n) is 2.44. The van der Waals surface area contributed by atoms with Crippen LogP contribution in [0.4, 0.5) is 10.1 Å². The summed E-state index contributed by atoms with van der Waals surface area (Å²) in [7, 11) is 0.